The van der Waals surface area contributed by atoms with E-state index in [4.69, 9.17) is 0 Å². The number of hydrogen-bond acceptors (Lipinski definition) is 4. The first-order chi connectivity index (χ1) is 8.27. The van der Waals surface area contributed by atoms with Crippen molar-refractivity contribution >= 4 is 11.8 Å². The van der Waals surface area contributed by atoms with Crippen LogP contribution in [0.4, 0.5) is 0 Å². The molecule has 0 radical (unpaired) electrons. The van der Waals surface area contributed by atoms with Gasteiger partial charge >= 0.3 is 0 Å². The summed E-state index contributed by atoms with van der Waals surface area (Å²) < 4.78 is 0. The SMILES string of the molecule is O=C(NCCNC(=O)C1CNCCN1)C1CC1. The van der Waals surface area contributed by atoms with Gasteiger partial charge in [-0.25, -0.2) is 0 Å². The molecule has 1 saturated carbocycles. The molecule has 2 amide bonds. The minimum atomic E-state index is -0.150. The van der Waals surface area contributed by atoms with Gasteiger partial charge in [0.2, 0.25) is 11.8 Å². The molecule has 96 valence electrons. The average Bonchev–Trinajstić information content (AvgIpc) is 3.19. The minimum absolute atomic E-state index is 0.00197. The number of piperazine rings is 1. The van der Waals surface area contributed by atoms with Gasteiger partial charge in [0.15, 0.2) is 0 Å². The van der Waals surface area contributed by atoms with Crippen LogP contribution in [0.1, 0.15) is 12.8 Å². The average molecular weight is 240 g/mol. The molecule has 1 aliphatic heterocycles. The zero-order valence-electron chi connectivity index (χ0n) is 9.92. The van der Waals surface area contributed by atoms with Crippen LogP contribution in [0.3, 0.4) is 0 Å². The van der Waals surface area contributed by atoms with E-state index in [2.05, 4.69) is 21.3 Å². The molecule has 17 heavy (non-hydrogen) atoms. The van der Waals surface area contributed by atoms with Crippen molar-refractivity contribution in [3.63, 3.8) is 0 Å². The zero-order chi connectivity index (χ0) is 12.1. The van der Waals surface area contributed by atoms with Crippen LogP contribution in [0.15, 0.2) is 0 Å². The van der Waals surface area contributed by atoms with Crippen LogP contribution in [-0.4, -0.2) is 50.6 Å². The number of nitrogens with one attached hydrogen (secondary N) is 4. The molecule has 0 aromatic carbocycles. The van der Waals surface area contributed by atoms with E-state index in [0.717, 1.165) is 25.9 Å². The molecule has 4 N–H and O–H groups in total. The first-order valence-corrected chi connectivity index (χ1v) is 6.27. The largest absolute Gasteiger partial charge is 0.354 e. The molecule has 1 atom stereocenters. The Kier molecular flexibility index (Phi) is 4.33. The van der Waals surface area contributed by atoms with Gasteiger partial charge < -0.3 is 21.3 Å². The van der Waals surface area contributed by atoms with Gasteiger partial charge in [-0.15, -0.1) is 0 Å². The van der Waals surface area contributed by atoms with Crippen LogP contribution in [0.2, 0.25) is 0 Å². The van der Waals surface area contributed by atoms with E-state index < -0.39 is 0 Å². The Bertz CT molecular complexity index is 285. The Labute approximate surface area is 101 Å². The number of hydrogen-bond donors (Lipinski definition) is 4. The smallest absolute Gasteiger partial charge is 0.238 e. The summed E-state index contributed by atoms with van der Waals surface area (Å²) in [4.78, 5) is 23.0. The lowest BCUT2D eigenvalue weighted by atomic mass is 10.2. The van der Waals surface area contributed by atoms with E-state index in [-0.39, 0.29) is 23.8 Å². The molecule has 1 saturated heterocycles. The van der Waals surface area contributed by atoms with E-state index in [1.54, 1.807) is 0 Å². The van der Waals surface area contributed by atoms with E-state index >= 15 is 0 Å². The molecule has 0 bridgehead atoms. The topological polar surface area (TPSA) is 82.3 Å². The fourth-order valence-electron chi connectivity index (χ4n) is 1.82. The van der Waals surface area contributed by atoms with Gasteiger partial charge in [-0.3, -0.25) is 9.59 Å². The fourth-order valence-corrected chi connectivity index (χ4v) is 1.82. The van der Waals surface area contributed by atoms with Crippen LogP contribution in [0.5, 0.6) is 0 Å². The van der Waals surface area contributed by atoms with Crippen molar-refractivity contribution in [3.05, 3.63) is 0 Å². The summed E-state index contributed by atoms with van der Waals surface area (Å²) >= 11 is 0. The van der Waals surface area contributed by atoms with Gasteiger partial charge in [-0.1, -0.05) is 0 Å². The molecule has 1 unspecified atom stereocenters. The van der Waals surface area contributed by atoms with E-state index in [1.165, 1.54) is 0 Å². The second kappa shape index (κ2) is 5.97. The third-order valence-electron chi connectivity index (χ3n) is 3.03. The molecule has 0 aromatic heterocycles. The standard InChI is InChI=1S/C11H20N4O2/c16-10(8-1-2-8)14-5-6-15-11(17)9-7-12-3-4-13-9/h8-9,12-13H,1-7H2,(H,14,16)(H,15,17). The first kappa shape index (κ1) is 12.3. The zero-order valence-corrected chi connectivity index (χ0v) is 9.92. The number of carbonyl (C=O) groups is 2. The number of amides is 2. The monoisotopic (exact) mass is 240 g/mol. The predicted octanol–water partition coefficient (Wildman–Crippen LogP) is -1.81. The van der Waals surface area contributed by atoms with Gasteiger partial charge in [-0.2, -0.15) is 0 Å². The summed E-state index contributed by atoms with van der Waals surface area (Å²) in [6, 6.07) is -0.150. The molecule has 2 fully saturated rings. The van der Waals surface area contributed by atoms with Crippen molar-refractivity contribution in [2.75, 3.05) is 32.7 Å². The second-order valence-corrected chi connectivity index (χ2v) is 4.57. The molecular weight excluding hydrogens is 220 g/mol. The van der Waals surface area contributed by atoms with Gasteiger partial charge in [0.25, 0.3) is 0 Å². The fraction of sp³-hybridized carbons (Fsp3) is 0.818. The first-order valence-electron chi connectivity index (χ1n) is 6.27. The second-order valence-electron chi connectivity index (χ2n) is 4.57. The quantitative estimate of drug-likeness (QED) is 0.427. The maximum atomic E-state index is 11.7. The lowest BCUT2D eigenvalue weighted by Crippen LogP contribution is -2.56. The van der Waals surface area contributed by atoms with Crippen molar-refractivity contribution in [3.8, 4) is 0 Å². The Balaban J connectivity index is 1.54. The van der Waals surface area contributed by atoms with E-state index in [1.807, 2.05) is 0 Å². The number of rotatable bonds is 5. The maximum Gasteiger partial charge on any atom is 0.238 e. The van der Waals surface area contributed by atoms with Crippen molar-refractivity contribution < 1.29 is 9.59 Å². The summed E-state index contributed by atoms with van der Waals surface area (Å²) in [5, 5.41) is 11.9. The van der Waals surface area contributed by atoms with Crippen molar-refractivity contribution in [1.29, 1.82) is 0 Å². The van der Waals surface area contributed by atoms with Gasteiger partial charge in [-0.05, 0) is 12.8 Å². The van der Waals surface area contributed by atoms with Crippen LogP contribution in [0, 0.1) is 5.92 Å². The van der Waals surface area contributed by atoms with Gasteiger partial charge in [0.1, 0.15) is 0 Å². The lowest BCUT2D eigenvalue weighted by Gasteiger charge is -2.23. The van der Waals surface area contributed by atoms with Crippen LogP contribution in [-0.2, 0) is 9.59 Å². The highest BCUT2D eigenvalue weighted by atomic mass is 16.2. The summed E-state index contributed by atoms with van der Waals surface area (Å²) in [7, 11) is 0. The molecular formula is C11H20N4O2. The van der Waals surface area contributed by atoms with E-state index in [0.29, 0.717) is 19.6 Å². The Morgan fingerprint density at radius 3 is 2.35 bits per heavy atom. The van der Waals surface area contributed by atoms with E-state index in [9.17, 15) is 9.59 Å². The minimum Gasteiger partial charge on any atom is -0.354 e. The molecule has 6 heteroatoms. The third kappa shape index (κ3) is 3.98. The normalized spacial score (nSPS) is 24.1. The molecule has 0 spiro atoms. The summed E-state index contributed by atoms with van der Waals surface area (Å²) in [6.07, 6.45) is 2.02. The maximum absolute atomic E-state index is 11.7. The predicted molar refractivity (Wildman–Crippen MR) is 63.4 cm³/mol. The van der Waals surface area contributed by atoms with Crippen LogP contribution < -0.4 is 21.3 Å². The lowest BCUT2D eigenvalue weighted by molar-refractivity contribution is -0.124. The highest BCUT2D eigenvalue weighted by Gasteiger charge is 2.29. The highest BCUT2D eigenvalue weighted by molar-refractivity contribution is 5.82. The molecule has 6 nitrogen and oxygen atoms in total. The molecule has 2 aliphatic rings. The Hall–Kier alpha value is -1.14. The summed E-state index contributed by atoms with van der Waals surface area (Å²) in [6.45, 7) is 3.40. The highest BCUT2D eigenvalue weighted by Crippen LogP contribution is 2.28. The van der Waals surface area contributed by atoms with Gasteiger partial charge in [0.05, 0.1) is 6.04 Å². The van der Waals surface area contributed by atoms with Crippen molar-refractivity contribution in [2.24, 2.45) is 5.92 Å². The molecule has 1 aliphatic carbocycles. The molecule has 1 heterocycles. The Morgan fingerprint density at radius 2 is 1.76 bits per heavy atom. The number of carbonyl (C=O) groups excluding carboxylic acids is 2. The summed E-state index contributed by atoms with van der Waals surface area (Å²) in [5.74, 6) is 0.351. The van der Waals surface area contributed by atoms with Crippen LogP contribution in [0.25, 0.3) is 0 Å². The van der Waals surface area contributed by atoms with Crippen molar-refractivity contribution in [1.82, 2.24) is 21.3 Å². The molecule has 0 aromatic rings. The van der Waals surface area contributed by atoms with Crippen molar-refractivity contribution in [2.45, 2.75) is 18.9 Å². The van der Waals surface area contributed by atoms with Gasteiger partial charge in [0, 0.05) is 38.6 Å². The summed E-state index contributed by atoms with van der Waals surface area (Å²) in [5.41, 5.74) is 0. The molecule has 2 rings (SSSR count). The third-order valence-corrected chi connectivity index (χ3v) is 3.03. The van der Waals surface area contributed by atoms with Crippen LogP contribution >= 0.6 is 0 Å². The Morgan fingerprint density at radius 1 is 1.06 bits per heavy atom.